The molecule has 1 heteroatoms. The fourth-order valence-electron chi connectivity index (χ4n) is 3.62. The van der Waals surface area contributed by atoms with Crippen LogP contribution in [0.1, 0.15) is 63.6 Å². The lowest BCUT2D eigenvalue weighted by Crippen LogP contribution is -2.39. The topological polar surface area (TPSA) is 12.0 Å². The minimum atomic E-state index is 0.454. The average Bonchev–Trinajstić information content (AvgIpc) is 2.37. The van der Waals surface area contributed by atoms with Gasteiger partial charge in [-0.15, -0.1) is 0 Å². The molecule has 2 unspecified atom stereocenters. The van der Waals surface area contributed by atoms with Crippen molar-refractivity contribution in [3.63, 3.8) is 0 Å². The Hall–Kier alpha value is -0.820. The van der Waals surface area contributed by atoms with Crippen LogP contribution in [0.3, 0.4) is 0 Å². The molecule has 0 aliphatic heterocycles. The minimum Gasteiger partial charge on any atom is -0.310 e. The van der Waals surface area contributed by atoms with Crippen molar-refractivity contribution in [1.82, 2.24) is 5.32 Å². The summed E-state index contributed by atoms with van der Waals surface area (Å²) >= 11 is 0. The van der Waals surface area contributed by atoms with Gasteiger partial charge in [-0.05, 0) is 43.2 Å². The first-order valence-corrected chi connectivity index (χ1v) is 7.84. The first kappa shape index (κ1) is 14.6. The van der Waals surface area contributed by atoms with E-state index in [-0.39, 0.29) is 0 Å². The van der Waals surface area contributed by atoms with Gasteiger partial charge in [-0.3, -0.25) is 0 Å². The molecule has 1 nitrogen and oxygen atoms in total. The van der Waals surface area contributed by atoms with E-state index in [1.807, 2.05) is 0 Å². The van der Waals surface area contributed by atoms with E-state index >= 15 is 0 Å². The molecule has 1 saturated carbocycles. The molecule has 1 aromatic rings. The van der Waals surface area contributed by atoms with E-state index in [0.717, 1.165) is 12.5 Å². The van der Waals surface area contributed by atoms with Gasteiger partial charge in [-0.25, -0.2) is 0 Å². The second-order valence-corrected chi connectivity index (χ2v) is 6.79. The average molecular weight is 259 g/mol. The Bertz CT molecular complexity index is 391. The van der Waals surface area contributed by atoms with Gasteiger partial charge in [-0.1, -0.05) is 63.4 Å². The van der Waals surface area contributed by atoms with Gasteiger partial charge in [0.1, 0.15) is 0 Å². The van der Waals surface area contributed by atoms with E-state index in [2.05, 4.69) is 57.3 Å². The molecule has 1 aromatic carbocycles. The van der Waals surface area contributed by atoms with Crippen LogP contribution in [0.15, 0.2) is 24.3 Å². The molecule has 0 bridgehead atoms. The highest BCUT2D eigenvalue weighted by Crippen LogP contribution is 2.46. The molecule has 0 radical (unpaired) electrons. The number of aryl methyl sites for hydroxylation is 1. The molecule has 0 amide bonds. The van der Waals surface area contributed by atoms with Crippen LogP contribution >= 0.6 is 0 Å². The Morgan fingerprint density at radius 3 is 2.47 bits per heavy atom. The molecule has 2 atom stereocenters. The number of nitrogens with one attached hydrogen (secondary N) is 1. The smallest absolute Gasteiger partial charge is 0.0353 e. The third-order valence-electron chi connectivity index (χ3n) is 4.85. The highest BCUT2D eigenvalue weighted by Gasteiger charge is 2.37. The number of hydrogen-bond acceptors (Lipinski definition) is 1. The quantitative estimate of drug-likeness (QED) is 0.814. The maximum atomic E-state index is 3.74. The summed E-state index contributed by atoms with van der Waals surface area (Å²) in [5.41, 5.74) is 3.27. The number of rotatable bonds is 4. The molecule has 1 aliphatic carbocycles. The van der Waals surface area contributed by atoms with E-state index in [0.29, 0.717) is 11.5 Å². The Labute approximate surface area is 118 Å². The zero-order valence-corrected chi connectivity index (χ0v) is 13.0. The van der Waals surface area contributed by atoms with E-state index < -0.39 is 0 Å². The van der Waals surface area contributed by atoms with Crippen LogP contribution in [0.5, 0.6) is 0 Å². The van der Waals surface area contributed by atoms with Crippen molar-refractivity contribution in [2.24, 2.45) is 11.3 Å². The van der Waals surface area contributed by atoms with Gasteiger partial charge in [0, 0.05) is 6.04 Å². The van der Waals surface area contributed by atoms with Crippen LogP contribution in [0.25, 0.3) is 0 Å². The van der Waals surface area contributed by atoms with Crippen LogP contribution in [-0.4, -0.2) is 6.54 Å². The Kier molecular flexibility index (Phi) is 4.67. The Morgan fingerprint density at radius 2 is 1.89 bits per heavy atom. The number of benzene rings is 1. The first-order chi connectivity index (χ1) is 9.04. The van der Waals surface area contributed by atoms with Crippen molar-refractivity contribution >= 4 is 0 Å². The molecule has 1 aliphatic rings. The fraction of sp³-hybridized carbons (Fsp3) is 0.667. The SMILES string of the molecule is CCNC(c1ccc(C)cc1)C1CCCCC1(C)C. The van der Waals surface area contributed by atoms with Gasteiger partial charge in [0.05, 0.1) is 0 Å². The normalized spacial score (nSPS) is 24.1. The summed E-state index contributed by atoms with van der Waals surface area (Å²) in [6.45, 7) is 10.3. The van der Waals surface area contributed by atoms with Crippen LogP contribution < -0.4 is 5.32 Å². The molecule has 0 heterocycles. The van der Waals surface area contributed by atoms with E-state index in [9.17, 15) is 0 Å². The van der Waals surface area contributed by atoms with Crippen LogP contribution in [0.4, 0.5) is 0 Å². The van der Waals surface area contributed by atoms with Gasteiger partial charge < -0.3 is 5.32 Å². The first-order valence-electron chi connectivity index (χ1n) is 7.84. The van der Waals surface area contributed by atoms with Crippen LogP contribution in [0.2, 0.25) is 0 Å². The zero-order chi connectivity index (χ0) is 13.9. The third-order valence-corrected chi connectivity index (χ3v) is 4.85. The summed E-state index contributed by atoms with van der Waals surface area (Å²) in [5, 5.41) is 3.74. The maximum absolute atomic E-state index is 3.74. The monoisotopic (exact) mass is 259 g/mol. The fourth-order valence-corrected chi connectivity index (χ4v) is 3.62. The van der Waals surface area contributed by atoms with Crippen molar-refractivity contribution in [3.05, 3.63) is 35.4 Å². The van der Waals surface area contributed by atoms with Crippen molar-refractivity contribution < 1.29 is 0 Å². The molecular weight excluding hydrogens is 230 g/mol. The molecule has 0 aromatic heterocycles. The highest BCUT2D eigenvalue weighted by molar-refractivity contribution is 5.25. The summed E-state index contributed by atoms with van der Waals surface area (Å²) < 4.78 is 0. The molecule has 0 saturated heterocycles. The van der Waals surface area contributed by atoms with Crippen LogP contribution in [0, 0.1) is 18.3 Å². The van der Waals surface area contributed by atoms with E-state index in [1.54, 1.807) is 0 Å². The third kappa shape index (κ3) is 3.39. The van der Waals surface area contributed by atoms with Gasteiger partial charge in [0.2, 0.25) is 0 Å². The molecule has 2 rings (SSSR count). The molecule has 1 fully saturated rings. The van der Waals surface area contributed by atoms with Crippen molar-refractivity contribution in [1.29, 1.82) is 0 Å². The molecular formula is C18H29N. The highest BCUT2D eigenvalue weighted by atomic mass is 14.9. The summed E-state index contributed by atoms with van der Waals surface area (Å²) in [5.74, 6) is 0.754. The summed E-state index contributed by atoms with van der Waals surface area (Å²) in [4.78, 5) is 0. The van der Waals surface area contributed by atoms with E-state index in [4.69, 9.17) is 0 Å². The zero-order valence-electron chi connectivity index (χ0n) is 13.0. The predicted octanol–water partition coefficient (Wildman–Crippen LogP) is 4.86. The second-order valence-electron chi connectivity index (χ2n) is 6.79. The van der Waals surface area contributed by atoms with Gasteiger partial charge in [0.25, 0.3) is 0 Å². The standard InChI is InChI=1S/C18H29N/c1-5-19-17(15-11-9-14(2)10-12-15)16-8-6-7-13-18(16,3)4/h9-12,16-17,19H,5-8,13H2,1-4H3. The van der Waals surface area contributed by atoms with Crippen molar-refractivity contribution in [2.45, 2.75) is 59.4 Å². The van der Waals surface area contributed by atoms with Gasteiger partial charge >= 0.3 is 0 Å². The van der Waals surface area contributed by atoms with Gasteiger partial charge in [-0.2, -0.15) is 0 Å². The van der Waals surface area contributed by atoms with Crippen LogP contribution in [-0.2, 0) is 0 Å². The lowest BCUT2D eigenvalue weighted by Gasteiger charge is -2.43. The largest absolute Gasteiger partial charge is 0.310 e. The summed E-state index contributed by atoms with van der Waals surface area (Å²) in [7, 11) is 0. The number of hydrogen-bond donors (Lipinski definition) is 1. The minimum absolute atomic E-state index is 0.454. The van der Waals surface area contributed by atoms with Crippen molar-refractivity contribution in [2.75, 3.05) is 6.54 Å². The molecule has 0 spiro atoms. The van der Waals surface area contributed by atoms with Crippen molar-refractivity contribution in [3.8, 4) is 0 Å². The summed E-state index contributed by atoms with van der Waals surface area (Å²) in [6.07, 6.45) is 5.52. The Balaban J connectivity index is 2.26. The van der Waals surface area contributed by atoms with E-state index in [1.165, 1.54) is 36.8 Å². The molecule has 19 heavy (non-hydrogen) atoms. The van der Waals surface area contributed by atoms with Gasteiger partial charge in [0.15, 0.2) is 0 Å². The Morgan fingerprint density at radius 1 is 1.21 bits per heavy atom. The lowest BCUT2D eigenvalue weighted by atomic mass is 9.65. The molecule has 106 valence electrons. The molecule has 1 N–H and O–H groups in total. The second kappa shape index (κ2) is 6.09. The predicted molar refractivity (Wildman–Crippen MR) is 83.3 cm³/mol. The lowest BCUT2D eigenvalue weighted by molar-refractivity contribution is 0.0988. The summed E-state index contributed by atoms with van der Waals surface area (Å²) in [6, 6.07) is 9.63. The maximum Gasteiger partial charge on any atom is 0.0353 e.